The fraction of sp³-hybridized carbons (Fsp3) is 0.577. The van der Waals surface area contributed by atoms with E-state index in [4.69, 9.17) is 14.2 Å². The fourth-order valence-electron chi connectivity index (χ4n) is 4.69. The lowest BCUT2D eigenvalue weighted by molar-refractivity contribution is -0.139. The van der Waals surface area contributed by atoms with Crippen LogP contribution in [0.1, 0.15) is 39.3 Å². The number of carbonyl (C=O) groups excluding carboxylic acids is 3. The van der Waals surface area contributed by atoms with Crippen molar-refractivity contribution in [2.45, 2.75) is 39.8 Å². The highest BCUT2D eigenvalue weighted by molar-refractivity contribution is 5.95. The van der Waals surface area contributed by atoms with Crippen molar-refractivity contribution in [1.29, 1.82) is 0 Å². The van der Waals surface area contributed by atoms with Crippen LogP contribution < -0.4 is 20.1 Å². The first-order valence-corrected chi connectivity index (χ1v) is 12.7. The minimum atomic E-state index is -0.785. The van der Waals surface area contributed by atoms with Gasteiger partial charge in [0.25, 0.3) is 0 Å². The number of hydrogen-bond acceptors (Lipinski definition) is 7. The molecule has 0 aliphatic carbocycles. The van der Waals surface area contributed by atoms with Gasteiger partial charge in [-0.2, -0.15) is 0 Å². The predicted molar refractivity (Wildman–Crippen MR) is 139 cm³/mol. The molecule has 37 heavy (non-hydrogen) atoms. The molecular weight excluding hydrogens is 478 g/mol. The van der Waals surface area contributed by atoms with Crippen LogP contribution >= 0.6 is 0 Å². The molecule has 204 valence electrons. The van der Waals surface area contributed by atoms with Crippen molar-refractivity contribution in [2.24, 2.45) is 0 Å². The van der Waals surface area contributed by atoms with E-state index in [2.05, 4.69) is 15.5 Å². The Morgan fingerprint density at radius 3 is 2.38 bits per heavy atom. The zero-order chi connectivity index (χ0) is 27.1. The highest BCUT2D eigenvalue weighted by Gasteiger charge is 2.40. The van der Waals surface area contributed by atoms with Gasteiger partial charge in [-0.3, -0.25) is 9.80 Å². The lowest BCUT2D eigenvalue weighted by Gasteiger charge is -2.40. The average molecular weight is 518 g/mol. The SMILES string of the molecule is CCOC(=O)C1=C(CN2CCN(C(=O)NC(C)C)CC2)N(CC)C(=O)N[C@@H]1c1cccc(OC)c1OC. The number of nitrogens with zero attached hydrogens (tertiary/aromatic N) is 3. The van der Waals surface area contributed by atoms with Crippen molar-refractivity contribution >= 4 is 18.0 Å². The number of para-hydroxylation sites is 1. The van der Waals surface area contributed by atoms with Gasteiger partial charge in [-0.25, -0.2) is 14.4 Å². The number of likely N-dealkylation sites (N-methyl/N-ethyl adjacent to an activating group) is 1. The van der Waals surface area contributed by atoms with Crippen LogP contribution in [0.3, 0.4) is 0 Å². The van der Waals surface area contributed by atoms with Crippen LogP contribution in [0.2, 0.25) is 0 Å². The molecule has 11 nitrogen and oxygen atoms in total. The zero-order valence-electron chi connectivity index (χ0n) is 22.6. The zero-order valence-corrected chi connectivity index (χ0v) is 22.6. The van der Waals surface area contributed by atoms with Crippen molar-refractivity contribution in [3.8, 4) is 11.5 Å². The summed E-state index contributed by atoms with van der Waals surface area (Å²) in [5, 5.41) is 5.90. The van der Waals surface area contributed by atoms with Crippen LogP contribution in [0.4, 0.5) is 9.59 Å². The molecule has 2 N–H and O–H groups in total. The fourth-order valence-corrected chi connectivity index (χ4v) is 4.69. The monoisotopic (exact) mass is 517 g/mol. The van der Waals surface area contributed by atoms with E-state index in [1.54, 1.807) is 34.9 Å². The molecule has 0 unspecified atom stereocenters. The predicted octanol–water partition coefficient (Wildman–Crippen LogP) is 2.34. The minimum absolute atomic E-state index is 0.0622. The van der Waals surface area contributed by atoms with E-state index in [1.165, 1.54) is 14.2 Å². The number of benzene rings is 1. The lowest BCUT2D eigenvalue weighted by atomic mass is 9.93. The van der Waals surface area contributed by atoms with Gasteiger partial charge in [-0.1, -0.05) is 12.1 Å². The normalized spacial score (nSPS) is 18.6. The molecule has 1 fully saturated rings. The summed E-state index contributed by atoms with van der Waals surface area (Å²) in [7, 11) is 3.06. The molecule has 3 rings (SSSR count). The van der Waals surface area contributed by atoms with Gasteiger partial charge in [0, 0.05) is 56.6 Å². The Kier molecular flexibility index (Phi) is 9.62. The molecule has 1 aromatic rings. The van der Waals surface area contributed by atoms with Crippen LogP contribution in [0.25, 0.3) is 0 Å². The molecule has 2 aliphatic rings. The lowest BCUT2D eigenvalue weighted by Crippen LogP contribution is -2.55. The standard InChI is InChI=1S/C26H39N5O6/c1-7-31-19(16-29-12-14-30(15-13-29)25(33)27-17(3)4)21(24(32)37-8-2)22(28-26(31)34)18-10-9-11-20(35-5)23(18)36-6/h9-11,17,22H,7-8,12-16H2,1-6H3,(H,27,33)(H,28,34)/t22-/m1/s1. The van der Waals surface area contributed by atoms with Gasteiger partial charge in [0.2, 0.25) is 0 Å². The second-order valence-corrected chi connectivity index (χ2v) is 9.16. The minimum Gasteiger partial charge on any atom is -0.493 e. The number of hydrogen-bond donors (Lipinski definition) is 2. The van der Waals surface area contributed by atoms with Gasteiger partial charge in [0.1, 0.15) is 0 Å². The first-order valence-electron chi connectivity index (χ1n) is 12.7. The van der Waals surface area contributed by atoms with E-state index in [9.17, 15) is 14.4 Å². The Balaban J connectivity index is 1.99. The Morgan fingerprint density at radius 1 is 1.11 bits per heavy atom. The molecule has 0 bridgehead atoms. The van der Waals surface area contributed by atoms with Crippen molar-refractivity contribution in [1.82, 2.24) is 25.3 Å². The number of carbonyl (C=O) groups is 3. The third-order valence-corrected chi connectivity index (χ3v) is 6.44. The van der Waals surface area contributed by atoms with Crippen molar-refractivity contribution in [2.75, 3.05) is 60.1 Å². The number of esters is 1. The molecule has 11 heteroatoms. The van der Waals surface area contributed by atoms with Gasteiger partial charge in [0.15, 0.2) is 11.5 Å². The highest BCUT2D eigenvalue weighted by Crippen LogP contribution is 2.40. The van der Waals surface area contributed by atoms with E-state index < -0.39 is 12.0 Å². The number of ether oxygens (including phenoxy) is 3. The molecule has 0 spiro atoms. The van der Waals surface area contributed by atoms with E-state index in [0.717, 1.165) is 0 Å². The molecule has 2 aliphatic heterocycles. The molecule has 0 saturated carbocycles. The van der Waals surface area contributed by atoms with E-state index >= 15 is 0 Å². The van der Waals surface area contributed by atoms with E-state index in [0.29, 0.717) is 67.6 Å². The number of urea groups is 2. The second-order valence-electron chi connectivity index (χ2n) is 9.16. The van der Waals surface area contributed by atoms with E-state index in [1.807, 2.05) is 20.8 Å². The number of rotatable bonds is 9. The van der Waals surface area contributed by atoms with Gasteiger partial charge >= 0.3 is 18.0 Å². The maximum absolute atomic E-state index is 13.4. The summed E-state index contributed by atoms with van der Waals surface area (Å²) in [4.78, 5) is 44.6. The molecule has 0 radical (unpaired) electrons. The van der Waals surface area contributed by atoms with Gasteiger partial charge < -0.3 is 29.7 Å². The summed E-state index contributed by atoms with van der Waals surface area (Å²) in [6.45, 7) is 10.7. The average Bonchev–Trinajstić information content (AvgIpc) is 2.88. The largest absolute Gasteiger partial charge is 0.493 e. The van der Waals surface area contributed by atoms with Crippen LogP contribution in [-0.2, 0) is 9.53 Å². The Labute approximate surface area is 218 Å². The number of methoxy groups -OCH3 is 2. The maximum atomic E-state index is 13.4. The molecular formula is C26H39N5O6. The molecule has 1 aromatic carbocycles. The summed E-state index contributed by atoms with van der Waals surface area (Å²) in [5.74, 6) is 0.430. The Hall–Kier alpha value is -3.47. The quantitative estimate of drug-likeness (QED) is 0.484. The van der Waals surface area contributed by atoms with Gasteiger partial charge in [-0.15, -0.1) is 0 Å². The third kappa shape index (κ3) is 6.27. The summed E-state index contributed by atoms with van der Waals surface area (Å²) in [6.07, 6.45) is 0. The van der Waals surface area contributed by atoms with Crippen molar-refractivity contribution in [3.05, 3.63) is 35.0 Å². The Morgan fingerprint density at radius 2 is 1.81 bits per heavy atom. The number of amides is 4. The molecule has 0 aromatic heterocycles. The van der Waals surface area contributed by atoms with Gasteiger partial charge in [-0.05, 0) is 33.8 Å². The number of nitrogens with one attached hydrogen (secondary N) is 2. The van der Waals surface area contributed by atoms with Gasteiger partial charge in [0.05, 0.1) is 32.4 Å². The molecule has 1 atom stereocenters. The molecule has 2 heterocycles. The van der Waals surface area contributed by atoms with Crippen molar-refractivity contribution in [3.63, 3.8) is 0 Å². The second kappa shape index (κ2) is 12.7. The Bertz CT molecular complexity index is 1020. The van der Waals surface area contributed by atoms with Crippen LogP contribution in [-0.4, -0.2) is 98.9 Å². The summed E-state index contributed by atoms with van der Waals surface area (Å²) in [6, 6.07) is 4.23. The van der Waals surface area contributed by atoms with Crippen LogP contribution in [0.5, 0.6) is 11.5 Å². The summed E-state index contributed by atoms with van der Waals surface area (Å²) < 4.78 is 16.6. The first kappa shape index (κ1) is 28.1. The summed E-state index contributed by atoms with van der Waals surface area (Å²) >= 11 is 0. The number of piperazine rings is 1. The molecule has 1 saturated heterocycles. The first-order chi connectivity index (χ1) is 17.7. The highest BCUT2D eigenvalue weighted by atomic mass is 16.5. The van der Waals surface area contributed by atoms with E-state index in [-0.39, 0.29) is 24.7 Å². The smallest absolute Gasteiger partial charge is 0.338 e. The van der Waals surface area contributed by atoms with Crippen LogP contribution in [0.15, 0.2) is 29.5 Å². The molecule has 4 amide bonds. The van der Waals surface area contributed by atoms with Crippen LogP contribution in [0, 0.1) is 0 Å². The summed E-state index contributed by atoms with van der Waals surface area (Å²) in [5.41, 5.74) is 1.54. The topological polar surface area (TPSA) is 113 Å². The van der Waals surface area contributed by atoms with Crippen molar-refractivity contribution < 1.29 is 28.6 Å². The third-order valence-electron chi connectivity index (χ3n) is 6.44. The maximum Gasteiger partial charge on any atom is 0.338 e.